The standard InChI is InChI=1S/C15H22N6O/c1-11-7-16-8-13(17-11)9-20-4-5-21-14(6-12(20)2)18-19-15(21)10-22-3/h7-8,12H,4-6,9-10H2,1-3H3/t12-/m1/s1. The fraction of sp³-hybridized carbons (Fsp3) is 0.600. The molecule has 118 valence electrons. The van der Waals surface area contributed by atoms with Crippen molar-refractivity contribution in [1.29, 1.82) is 0 Å². The van der Waals surface area contributed by atoms with Crippen LogP contribution in [0.2, 0.25) is 0 Å². The Morgan fingerprint density at radius 2 is 2.14 bits per heavy atom. The lowest BCUT2D eigenvalue weighted by Crippen LogP contribution is -2.34. The number of hydrogen-bond donors (Lipinski definition) is 0. The Kier molecular flexibility index (Phi) is 4.44. The third-order valence-electron chi connectivity index (χ3n) is 4.06. The van der Waals surface area contributed by atoms with Crippen molar-refractivity contribution < 1.29 is 4.74 Å². The molecule has 0 spiro atoms. The Bertz CT molecular complexity index is 641. The first-order valence-corrected chi connectivity index (χ1v) is 7.59. The second-order valence-corrected chi connectivity index (χ2v) is 5.79. The summed E-state index contributed by atoms with van der Waals surface area (Å²) in [6.07, 6.45) is 4.52. The normalized spacial score (nSPS) is 19.0. The summed E-state index contributed by atoms with van der Waals surface area (Å²) in [5.41, 5.74) is 1.97. The van der Waals surface area contributed by atoms with Gasteiger partial charge in [0.1, 0.15) is 12.4 Å². The molecule has 1 atom stereocenters. The third-order valence-corrected chi connectivity index (χ3v) is 4.06. The van der Waals surface area contributed by atoms with Gasteiger partial charge in [-0.05, 0) is 13.8 Å². The van der Waals surface area contributed by atoms with Crippen LogP contribution in [0.5, 0.6) is 0 Å². The molecule has 2 aromatic heterocycles. The highest BCUT2D eigenvalue weighted by atomic mass is 16.5. The summed E-state index contributed by atoms with van der Waals surface area (Å²) >= 11 is 0. The van der Waals surface area contributed by atoms with Crippen LogP contribution in [0.15, 0.2) is 12.4 Å². The van der Waals surface area contributed by atoms with E-state index in [1.807, 2.05) is 13.1 Å². The largest absolute Gasteiger partial charge is 0.377 e. The van der Waals surface area contributed by atoms with Crippen LogP contribution in [-0.2, 0) is 30.9 Å². The molecule has 0 fully saturated rings. The van der Waals surface area contributed by atoms with Gasteiger partial charge in [0.2, 0.25) is 0 Å². The molecule has 7 heteroatoms. The fourth-order valence-electron chi connectivity index (χ4n) is 2.89. The quantitative estimate of drug-likeness (QED) is 0.838. The van der Waals surface area contributed by atoms with Crippen LogP contribution in [-0.4, -0.2) is 49.3 Å². The van der Waals surface area contributed by atoms with E-state index in [0.29, 0.717) is 12.6 Å². The lowest BCUT2D eigenvalue weighted by molar-refractivity contribution is 0.170. The minimum absolute atomic E-state index is 0.392. The third kappa shape index (κ3) is 3.15. The maximum absolute atomic E-state index is 5.20. The minimum Gasteiger partial charge on any atom is -0.377 e. The van der Waals surface area contributed by atoms with Crippen molar-refractivity contribution in [2.45, 2.75) is 46.0 Å². The summed E-state index contributed by atoms with van der Waals surface area (Å²) in [6.45, 7) is 7.34. The predicted octanol–water partition coefficient (Wildman–Crippen LogP) is 0.970. The SMILES string of the molecule is COCc1nnc2n1CCN(Cc1cncc(C)n1)[C@H](C)C2. The zero-order valence-corrected chi connectivity index (χ0v) is 13.4. The van der Waals surface area contributed by atoms with Crippen LogP contribution >= 0.6 is 0 Å². The van der Waals surface area contributed by atoms with E-state index in [1.165, 1.54) is 0 Å². The zero-order valence-electron chi connectivity index (χ0n) is 13.4. The van der Waals surface area contributed by atoms with E-state index in [4.69, 9.17) is 4.74 Å². The molecule has 0 amide bonds. The van der Waals surface area contributed by atoms with Crippen molar-refractivity contribution in [3.05, 3.63) is 35.4 Å². The average molecular weight is 302 g/mol. The molecule has 2 aromatic rings. The monoisotopic (exact) mass is 302 g/mol. The molecule has 1 aliphatic rings. The van der Waals surface area contributed by atoms with Crippen molar-refractivity contribution in [2.24, 2.45) is 0 Å². The van der Waals surface area contributed by atoms with Crippen LogP contribution in [0.4, 0.5) is 0 Å². The van der Waals surface area contributed by atoms with E-state index in [1.54, 1.807) is 13.3 Å². The molecule has 0 saturated carbocycles. The molecule has 1 aliphatic heterocycles. The van der Waals surface area contributed by atoms with Crippen molar-refractivity contribution >= 4 is 0 Å². The lowest BCUT2D eigenvalue weighted by Gasteiger charge is -2.25. The van der Waals surface area contributed by atoms with Gasteiger partial charge < -0.3 is 9.30 Å². The smallest absolute Gasteiger partial charge is 0.159 e. The van der Waals surface area contributed by atoms with Gasteiger partial charge in [0, 0.05) is 51.6 Å². The van der Waals surface area contributed by atoms with Crippen LogP contribution in [0, 0.1) is 6.92 Å². The number of ether oxygens (including phenoxy) is 1. The molecular formula is C15H22N6O. The van der Waals surface area contributed by atoms with Gasteiger partial charge in [0.25, 0.3) is 0 Å². The molecule has 3 rings (SSSR count). The number of rotatable bonds is 4. The number of nitrogens with zero attached hydrogens (tertiary/aromatic N) is 6. The Morgan fingerprint density at radius 1 is 1.27 bits per heavy atom. The van der Waals surface area contributed by atoms with Crippen LogP contribution in [0.3, 0.4) is 0 Å². The molecule has 0 aliphatic carbocycles. The van der Waals surface area contributed by atoms with Gasteiger partial charge in [-0.3, -0.25) is 14.9 Å². The summed E-state index contributed by atoms with van der Waals surface area (Å²) in [5, 5.41) is 8.55. The molecule has 0 radical (unpaired) electrons. The lowest BCUT2D eigenvalue weighted by atomic mass is 10.2. The number of fused-ring (bicyclic) bond motifs is 1. The maximum atomic E-state index is 5.20. The van der Waals surface area contributed by atoms with Crippen LogP contribution in [0.25, 0.3) is 0 Å². The summed E-state index contributed by atoms with van der Waals surface area (Å²) in [4.78, 5) is 11.2. The molecule has 22 heavy (non-hydrogen) atoms. The second-order valence-electron chi connectivity index (χ2n) is 5.79. The van der Waals surface area contributed by atoms with Gasteiger partial charge in [-0.2, -0.15) is 0 Å². The summed E-state index contributed by atoms with van der Waals surface area (Å²) < 4.78 is 7.38. The second kappa shape index (κ2) is 6.50. The van der Waals surface area contributed by atoms with E-state index in [0.717, 1.165) is 49.1 Å². The number of aromatic nitrogens is 5. The number of hydrogen-bond acceptors (Lipinski definition) is 6. The number of aryl methyl sites for hydroxylation is 1. The Labute approximate surface area is 130 Å². The molecule has 3 heterocycles. The van der Waals surface area contributed by atoms with Crippen molar-refractivity contribution in [1.82, 2.24) is 29.6 Å². The minimum atomic E-state index is 0.392. The number of methoxy groups -OCH3 is 1. The molecule has 0 aromatic carbocycles. The predicted molar refractivity (Wildman–Crippen MR) is 81.1 cm³/mol. The molecule has 0 N–H and O–H groups in total. The van der Waals surface area contributed by atoms with Gasteiger partial charge in [-0.15, -0.1) is 10.2 Å². The first-order valence-electron chi connectivity index (χ1n) is 7.59. The fourth-order valence-corrected chi connectivity index (χ4v) is 2.89. The van der Waals surface area contributed by atoms with Gasteiger partial charge in [-0.1, -0.05) is 0 Å². The van der Waals surface area contributed by atoms with E-state index >= 15 is 0 Å². The van der Waals surface area contributed by atoms with Crippen molar-refractivity contribution in [3.63, 3.8) is 0 Å². The molecular weight excluding hydrogens is 280 g/mol. The molecule has 0 saturated heterocycles. The molecule has 7 nitrogen and oxygen atoms in total. The first kappa shape index (κ1) is 15.1. The van der Waals surface area contributed by atoms with Gasteiger partial charge in [0.05, 0.1) is 11.4 Å². The Morgan fingerprint density at radius 3 is 2.91 bits per heavy atom. The molecule has 0 unspecified atom stereocenters. The Hall–Kier alpha value is -1.86. The molecule has 0 bridgehead atoms. The highest BCUT2D eigenvalue weighted by Gasteiger charge is 2.24. The average Bonchev–Trinajstić information content (AvgIpc) is 2.78. The van der Waals surface area contributed by atoms with Gasteiger partial charge >= 0.3 is 0 Å². The van der Waals surface area contributed by atoms with E-state index in [-0.39, 0.29) is 0 Å². The van der Waals surface area contributed by atoms with Crippen molar-refractivity contribution in [3.8, 4) is 0 Å². The zero-order chi connectivity index (χ0) is 15.5. The topological polar surface area (TPSA) is 69.0 Å². The van der Waals surface area contributed by atoms with E-state index < -0.39 is 0 Å². The maximum Gasteiger partial charge on any atom is 0.159 e. The highest BCUT2D eigenvalue weighted by molar-refractivity contribution is 5.04. The first-order chi connectivity index (χ1) is 10.7. The van der Waals surface area contributed by atoms with E-state index in [9.17, 15) is 0 Å². The van der Waals surface area contributed by atoms with Crippen LogP contribution < -0.4 is 0 Å². The van der Waals surface area contributed by atoms with Gasteiger partial charge in [-0.25, -0.2) is 0 Å². The summed E-state index contributed by atoms with van der Waals surface area (Å²) in [6, 6.07) is 0.392. The highest BCUT2D eigenvalue weighted by Crippen LogP contribution is 2.17. The van der Waals surface area contributed by atoms with E-state index in [2.05, 4.69) is 36.6 Å². The summed E-state index contributed by atoms with van der Waals surface area (Å²) in [5.74, 6) is 1.94. The van der Waals surface area contributed by atoms with Crippen LogP contribution in [0.1, 0.15) is 30.0 Å². The van der Waals surface area contributed by atoms with Crippen molar-refractivity contribution in [2.75, 3.05) is 13.7 Å². The summed E-state index contributed by atoms with van der Waals surface area (Å²) in [7, 11) is 1.68. The Balaban J connectivity index is 1.74. The van der Waals surface area contributed by atoms with Gasteiger partial charge in [0.15, 0.2) is 5.82 Å².